The summed E-state index contributed by atoms with van der Waals surface area (Å²) in [5.74, 6) is 0.0687. The van der Waals surface area contributed by atoms with Gasteiger partial charge in [-0.25, -0.2) is 10.0 Å². The van der Waals surface area contributed by atoms with E-state index in [0.29, 0.717) is 18.8 Å². The van der Waals surface area contributed by atoms with Gasteiger partial charge in [-0.1, -0.05) is 18.2 Å². The highest BCUT2D eigenvalue weighted by atomic mass is 79.9. The fraction of sp³-hybridized carbons (Fsp3) is 0.444. The van der Waals surface area contributed by atoms with Crippen molar-refractivity contribution in [2.24, 2.45) is 5.92 Å². The number of hydrogen-bond acceptors (Lipinski definition) is 5. The number of ether oxygens (including phenoxy) is 1. The number of rotatable bonds is 2. The molecule has 1 spiro atoms. The lowest BCUT2D eigenvalue weighted by Gasteiger charge is -2.43. The molecule has 7 heteroatoms. The molecule has 1 aliphatic carbocycles. The number of nitrogens with zero attached hydrogens (tertiary/aromatic N) is 2. The summed E-state index contributed by atoms with van der Waals surface area (Å²) in [7, 11) is 0. The van der Waals surface area contributed by atoms with Crippen molar-refractivity contribution in [1.29, 1.82) is 0 Å². The number of halogens is 1. The highest BCUT2D eigenvalue weighted by Crippen LogP contribution is 2.57. The Morgan fingerprint density at radius 3 is 2.80 bits per heavy atom. The molecule has 1 aromatic heterocycles. The van der Waals surface area contributed by atoms with Crippen LogP contribution in [-0.2, 0) is 15.1 Å². The van der Waals surface area contributed by atoms with Crippen molar-refractivity contribution in [3.05, 3.63) is 50.9 Å². The van der Waals surface area contributed by atoms with Crippen LogP contribution in [-0.4, -0.2) is 34.8 Å². The number of hydroxylamine groups is 2. The van der Waals surface area contributed by atoms with Crippen LogP contribution < -0.4 is 0 Å². The zero-order valence-corrected chi connectivity index (χ0v) is 15.9. The third-order valence-electron chi connectivity index (χ3n) is 5.52. The Morgan fingerprint density at radius 2 is 2.12 bits per heavy atom. The van der Waals surface area contributed by atoms with E-state index < -0.39 is 5.54 Å². The van der Waals surface area contributed by atoms with Gasteiger partial charge in [0.25, 0.3) is 5.91 Å². The zero-order chi connectivity index (χ0) is 17.1. The Kier molecular flexibility index (Phi) is 3.57. The Balaban J connectivity index is 1.57. The Bertz CT molecular complexity index is 823. The van der Waals surface area contributed by atoms with Gasteiger partial charge in [-0.05, 0) is 47.3 Å². The van der Waals surface area contributed by atoms with E-state index >= 15 is 0 Å². The van der Waals surface area contributed by atoms with Crippen LogP contribution in [0.4, 0.5) is 0 Å². The van der Waals surface area contributed by atoms with Crippen LogP contribution in [0.15, 0.2) is 40.3 Å². The third-order valence-corrected chi connectivity index (χ3v) is 7.24. The average Bonchev–Trinajstić information content (AvgIpc) is 3.06. The van der Waals surface area contributed by atoms with Crippen molar-refractivity contribution < 1.29 is 14.4 Å². The predicted molar refractivity (Wildman–Crippen MR) is 96.1 cm³/mol. The Labute approximate surface area is 158 Å². The summed E-state index contributed by atoms with van der Waals surface area (Å²) in [5.41, 5.74) is -0.0141. The molecule has 2 aromatic rings. The minimum absolute atomic E-state index is 0.0117. The molecule has 2 atom stereocenters. The first-order valence-electron chi connectivity index (χ1n) is 8.41. The molecule has 1 aromatic carbocycles. The van der Waals surface area contributed by atoms with E-state index in [4.69, 9.17) is 9.57 Å². The van der Waals surface area contributed by atoms with Crippen LogP contribution in [0.2, 0.25) is 0 Å². The van der Waals surface area contributed by atoms with Crippen LogP contribution in [0.3, 0.4) is 0 Å². The molecule has 1 amide bonds. The van der Waals surface area contributed by atoms with Gasteiger partial charge < -0.3 is 4.74 Å². The van der Waals surface area contributed by atoms with Gasteiger partial charge in [0.1, 0.15) is 9.61 Å². The molecule has 0 bridgehead atoms. The molecule has 3 fully saturated rings. The van der Waals surface area contributed by atoms with Crippen molar-refractivity contribution in [2.45, 2.75) is 30.4 Å². The Morgan fingerprint density at radius 1 is 1.32 bits per heavy atom. The molecule has 130 valence electrons. The Hall–Kier alpha value is -1.28. The van der Waals surface area contributed by atoms with E-state index in [1.807, 2.05) is 35.7 Å². The summed E-state index contributed by atoms with van der Waals surface area (Å²) in [6, 6.07) is 9.26. The summed E-state index contributed by atoms with van der Waals surface area (Å²) < 4.78 is 7.03. The lowest BCUT2D eigenvalue weighted by Crippen LogP contribution is -2.55. The van der Waals surface area contributed by atoms with E-state index in [9.17, 15) is 4.79 Å². The molecule has 25 heavy (non-hydrogen) atoms. The van der Waals surface area contributed by atoms with Crippen molar-refractivity contribution in [1.82, 2.24) is 10.0 Å². The highest BCUT2D eigenvalue weighted by Gasteiger charge is 2.64. The molecule has 1 saturated carbocycles. The van der Waals surface area contributed by atoms with Gasteiger partial charge in [0, 0.05) is 16.9 Å². The van der Waals surface area contributed by atoms with Gasteiger partial charge in [0.2, 0.25) is 0 Å². The zero-order valence-electron chi connectivity index (χ0n) is 13.5. The van der Waals surface area contributed by atoms with Gasteiger partial charge in [0.15, 0.2) is 5.54 Å². The van der Waals surface area contributed by atoms with Crippen LogP contribution in [0.25, 0.3) is 0 Å². The summed E-state index contributed by atoms with van der Waals surface area (Å²) in [6.45, 7) is 0.969. The first kappa shape index (κ1) is 15.9. The molecule has 3 aliphatic rings. The first-order valence-corrected chi connectivity index (χ1v) is 10.1. The van der Waals surface area contributed by atoms with E-state index in [2.05, 4.69) is 20.9 Å². The topological polar surface area (TPSA) is 51.7 Å². The largest absolute Gasteiger partial charge is 0.372 e. The van der Waals surface area contributed by atoms with Crippen LogP contribution >= 0.6 is 27.3 Å². The van der Waals surface area contributed by atoms with Crippen LogP contribution in [0.1, 0.15) is 34.6 Å². The standard InChI is InChI=1S/C18H17BrN2O3S/c19-14-10-25-16(20-14)18-11-23-17(6-7-17)8-13(18)9-24-21(18)15(22)12-4-2-1-3-5-12/h1-5,10,13H,6-9,11H2. The predicted octanol–water partition coefficient (Wildman–Crippen LogP) is 3.76. The van der Waals surface area contributed by atoms with E-state index in [0.717, 1.165) is 28.9 Å². The SMILES string of the molecule is O=C(c1ccccc1)N1OCC2CC3(CC3)OCC21c1nc(Br)cs1. The monoisotopic (exact) mass is 420 g/mol. The van der Waals surface area contributed by atoms with E-state index in [1.165, 1.54) is 5.06 Å². The quantitative estimate of drug-likeness (QED) is 0.741. The smallest absolute Gasteiger partial charge is 0.278 e. The molecule has 3 heterocycles. The summed E-state index contributed by atoms with van der Waals surface area (Å²) in [5, 5.41) is 4.36. The molecule has 2 aliphatic heterocycles. The number of benzene rings is 1. The molecule has 0 N–H and O–H groups in total. The van der Waals surface area contributed by atoms with Gasteiger partial charge in [0.05, 0.1) is 18.8 Å². The van der Waals surface area contributed by atoms with Gasteiger partial charge >= 0.3 is 0 Å². The van der Waals surface area contributed by atoms with E-state index in [-0.39, 0.29) is 17.4 Å². The fourth-order valence-electron chi connectivity index (χ4n) is 3.96. The van der Waals surface area contributed by atoms with Gasteiger partial charge in [-0.3, -0.25) is 9.63 Å². The van der Waals surface area contributed by atoms with E-state index in [1.54, 1.807) is 11.3 Å². The minimum Gasteiger partial charge on any atom is -0.372 e. The number of hydrogen-bond donors (Lipinski definition) is 0. The molecule has 2 unspecified atom stereocenters. The highest BCUT2D eigenvalue weighted by molar-refractivity contribution is 9.10. The number of fused-ring (bicyclic) bond motifs is 1. The maximum atomic E-state index is 13.2. The molecule has 5 nitrogen and oxygen atoms in total. The number of aromatic nitrogens is 1. The third kappa shape index (κ3) is 2.40. The number of thiazole rings is 1. The maximum Gasteiger partial charge on any atom is 0.278 e. The first-order chi connectivity index (χ1) is 12.1. The molecular weight excluding hydrogens is 404 g/mol. The summed E-state index contributed by atoms with van der Waals surface area (Å²) in [4.78, 5) is 23.8. The number of amides is 1. The molecular formula is C18H17BrN2O3S. The van der Waals surface area contributed by atoms with Crippen LogP contribution in [0.5, 0.6) is 0 Å². The number of carbonyl (C=O) groups excluding carboxylic acids is 1. The average molecular weight is 421 g/mol. The van der Waals surface area contributed by atoms with Gasteiger partial charge in [-0.15, -0.1) is 11.3 Å². The lowest BCUT2D eigenvalue weighted by atomic mass is 9.79. The van der Waals surface area contributed by atoms with Crippen molar-refractivity contribution in [3.63, 3.8) is 0 Å². The molecule has 0 radical (unpaired) electrons. The molecule has 5 rings (SSSR count). The van der Waals surface area contributed by atoms with Crippen molar-refractivity contribution in [2.75, 3.05) is 13.2 Å². The second-order valence-electron chi connectivity index (χ2n) is 7.03. The summed E-state index contributed by atoms with van der Waals surface area (Å²) in [6.07, 6.45) is 3.13. The minimum atomic E-state index is -0.641. The number of carbonyl (C=O) groups is 1. The second kappa shape index (κ2) is 5.61. The normalized spacial score (nSPS) is 29.6. The van der Waals surface area contributed by atoms with Gasteiger partial charge in [-0.2, -0.15) is 0 Å². The van der Waals surface area contributed by atoms with Crippen molar-refractivity contribution in [3.8, 4) is 0 Å². The van der Waals surface area contributed by atoms with Crippen LogP contribution in [0, 0.1) is 5.92 Å². The summed E-state index contributed by atoms with van der Waals surface area (Å²) >= 11 is 4.99. The molecule has 2 saturated heterocycles. The maximum absolute atomic E-state index is 13.2. The lowest BCUT2D eigenvalue weighted by molar-refractivity contribution is -0.168. The second-order valence-corrected chi connectivity index (χ2v) is 8.70. The fourth-order valence-corrected chi connectivity index (χ4v) is 5.46. The van der Waals surface area contributed by atoms with Crippen molar-refractivity contribution >= 4 is 33.2 Å².